The quantitative estimate of drug-likeness (QED) is 0.584. The molecular formula is C21H37N3O4. The van der Waals surface area contributed by atoms with Crippen molar-refractivity contribution in [1.29, 1.82) is 0 Å². The van der Waals surface area contributed by atoms with E-state index in [4.69, 9.17) is 14.2 Å². The lowest BCUT2D eigenvalue weighted by Gasteiger charge is -2.33. The van der Waals surface area contributed by atoms with Crippen molar-refractivity contribution in [2.75, 3.05) is 67.1 Å². The van der Waals surface area contributed by atoms with Crippen molar-refractivity contribution >= 4 is 0 Å². The largest absolute Gasteiger partial charge is 0.493 e. The van der Waals surface area contributed by atoms with Gasteiger partial charge in [0.25, 0.3) is 0 Å². The Morgan fingerprint density at radius 3 is 2.50 bits per heavy atom. The summed E-state index contributed by atoms with van der Waals surface area (Å²) in [6, 6.07) is 5.88. The molecule has 1 aliphatic rings. The standard InChI is InChI=1S/C21H37N3O4/c1-21(2,27-5)16-22-13-17-6-7-19(26-4)20(12-17)28-15-18(25)14-24-10-8-23(3)9-11-24/h6-7,12,18,22,25H,8-11,13-16H2,1-5H3. The number of ether oxygens (including phenoxy) is 3. The third-order valence-electron chi connectivity index (χ3n) is 5.16. The molecule has 0 radical (unpaired) electrons. The number of rotatable bonds is 11. The number of β-amino-alcohol motifs (C(OH)–C–C–N with tert-alkyl or cyclic N) is 1. The van der Waals surface area contributed by atoms with Crippen LogP contribution in [0.2, 0.25) is 0 Å². The summed E-state index contributed by atoms with van der Waals surface area (Å²) in [5.74, 6) is 1.33. The number of methoxy groups -OCH3 is 2. The van der Waals surface area contributed by atoms with Gasteiger partial charge in [0, 0.05) is 52.9 Å². The van der Waals surface area contributed by atoms with Crippen molar-refractivity contribution in [3.63, 3.8) is 0 Å². The fraction of sp³-hybridized carbons (Fsp3) is 0.714. The molecule has 1 saturated heterocycles. The minimum absolute atomic E-state index is 0.209. The molecule has 7 heteroatoms. The van der Waals surface area contributed by atoms with E-state index < -0.39 is 6.10 Å². The van der Waals surface area contributed by atoms with Gasteiger partial charge in [0.05, 0.1) is 12.7 Å². The van der Waals surface area contributed by atoms with Crippen molar-refractivity contribution < 1.29 is 19.3 Å². The summed E-state index contributed by atoms with van der Waals surface area (Å²) in [4.78, 5) is 4.58. The molecule has 160 valence electrons. The summed E-state index contributed by atoms with van der Waals surface area (Å²) in [5.41, 5.74) is 0.885. The zero-order valence-corrected chi connectivity index (χ0v) is 18.0. The molecule has 2 rings (SSSR count). The molecule has 1 aliphatic heterocycles. The van der Waals surface area contributed by atoms with Gasteiger partial charge in [-0.25, -0.2) is 0 Å². The van der Waals surface area contributed by atoms with Crippen molar-refractivity contribution in [2.45, 2.75) is 32.1 Å². The molecule has 28 heavy (non-hydrogen) atoms. The molecule has 0 spiro atoms. The molecule has 1 atom stereocenters. The maximum absolute atomic E-state index is 10.4. The third-order valence-corrected chi connectivity index (χ3v) is 5.16. The molecule has 0 aliphatic carbocycles. The van der Waals surface area contributed by atoms with Gasteiger partial charge in [-0.2, -0.15) is 0 Å². The molecular weight excluding hydrogens is 358 g/mol. The van der Waals surface area contributed by atoms with E-state index in [2.05, 4.69) is 22.2 Å². The van der Waals surface area contributed by atoms with E-state index in [1.807, 2.05) is 32.0 Å². The number of hydrogen-bond acceptors (Lipinski definition) is 7. The molecule has 0 aromatic heterocycles. The van der Waals surface area contributed by atoms with Crippen LogP contribution in [0.25, 0.3) is 0 Å². The lowest BCUT2D eigenvalue weighted by Crippen LogP contribution is -2.47. The summed E-state index contributed by atoms with van der Waals surface area (Å²) < 4.78 is 16.7. The first-order chi connectivity index (χ1) is 13.3. The van der Waals surface area contributed by atoms with Gasteiger partial charge in [0.2, 0.25) is 0 Å². The topological polar surface area (TPSA) is 66.4 Å². The number of aliphatic hydroxyl groups excluding tert-OH is 1. The average molecular weight is 396 g/mol. The molecule has 1 heterocycles. The fourth-order valence-corrected chi connectivity index (χ4v) is 3.09. The Bertz CT molecular complexity index is 589. The van der Waals surface area contributed by atoms with E-state index in [0.29, 0.717) is 24.6 Å². The van der Waals surface area contributed by atoms with Crippen molar-refractivity contribution in [2.24, 2.45) is 0 Å². The van der Waals surface area contributed by atoms with Crippen LogP contribution in [-0.4, -0.2) is 93.8 Å². The predicted molar refractivity (Wildman–Crippen MR) is 111 cm³/mol. The SMILES string of the molecule is COc1ccc(CNCC(C)(C)OC)cc1OCC(O)CN1CCN(C)CC1. The second-order valence-corrected chi connectivity index (χ2v) is 8.12. The van der Waals surface area contributed by atoms with E-state index in [1.54, 1.807) is 14.2 Å². The molecule has 1 aromatic carbocycles. The predicted octanol–water partition coefficient (Wildman–Crippen LogP) is 1.20. The Balaban J connectivity index is 1.85. The fourth-order valence-electron chi connectivity index (χ4n) is 3.09. The number of nitrogens with one attached hydrogen (secondary N) is 1. The van der Waals surface area contributed by atoms with Crippen LogP contribution in [0, 0.1) is 0 Å². The maximum atomic E-state index is 10.4. The minimum Gasteiger partial charge on any atom is -0.493 e. The Morgan fingerprint density at radius 1 is 1.14 bits per heavy atom. The lowest BCUT2D eigenvalue weighted by molar-refractivity contribution is 0.0230. The summed E-state index contributed by atoms with van der Waals surface area (Å²) in [6.07, 6.45) is -0.530. The first kappa shape index (κ1) is 22.9. The second-order valence-electron chi connectivity index (χ2n) is 8.12. The summed E-state index contributed by atoms with van der Waals surface area (Å²) in [7, 11) is 5.47. The Hall–Kier alpha value is -1.38. The smallest absolute Gasteiger partial charge is 0.161 e. The maximum Gasteiger partial charge on any atom is 0.161 e. The zero-order valence-electron chi connectivity index (χ0n) is 18.0. The summed E-state index contributed by atoms with van der Waals surface area (Å²) >= 11 is 0. The number of nitrogens with zero attached hydrogens (tertiary/aromatic N) is 2. The van der Waals surface area contributed by atoms with Gasteiger partial charge in [-0.15, -0.1) is 0 Å². The van der Waals surface area contributed by atoms with Crippen LogP contribution in [0.4, 0.5) is 0 Å². The van der Waals surface area contributed by atoms with Crippen LogP contribution < -0.4 is 14.8 Å². The first-order valence-electron chi connectivity index (χ1n) is 9.97. The zero-order chi connectivity index (χ0) is 20.6. The van der Waals surface area contributed by atoms with Crippen molar-refractivity contribution in [3.8, 4) is 11.5 Å². The highest BCUT2D eigenvalue weighted by molar-refractivity contribution is 5.43. The molecule has 1 unspecified atom stereocenters. The van der Waals surface area contributed by atoms with Crippen LogP contribution in [0.15, 0.2) is 18.2 Å². The molecule has 7 nitrogen and oxygen atoms in total. The van der Waals surface area contributed by atoms with Crippen LogP contribution in [0.1, 0.15) is 19.4 Å². The molecule has 0 saturated carbocycles. The minimum atomic E-state index is -0.530. The van der Waals surface area contributed by atoms with Crippen LogP contribution in [-0.2, 0) is 11.3 Å². The summed E-state index contributed by atoms with van der Waals surface area (Å²) in [5, 5.41) is 13.8. The monoisotopic (exact) mass is 395 g/mol. The van der Waals surface area contributed by atoms with Gasteiger partial charge < -0.3 is 29.5 Å². The Labute approximate surface area is 169 Å². The van der Waals surface area contributed by atoms with Gasteiger partial charge >= 0.3 is 0 Å². The Kier molecular flexibility index (Phi) is 8.98. The van der Waals surface area contributed by atoms with Crippen molar-refractivity contribution in [3.05, 3.63) is 23.8 Å². The molecule has 1 aromatic rings. The van der Waals surface area contributed by atoms with E-state index in [-0.39, 0.29) is 12.2 Å². The molecule has 0 amide bonds. The van der Waals surface area contributed by atoms with E-state index in [1.165, 1.54) is 0 Å². The van der Waals surface area contributed by atoms with Gasteiger partial charge in [0.1, 0.15) is 12.7 Å². The van der Waals surface area contributed by atoms with Gasteiger partial charge in [-0.05, 0) is 38.6 Å². The molecule has 1 fully saturated rings. The van der Waals surface area contributed by atoms with Crippen LogP contribution >= 0.6 is 0 Å². The second kappa shape index (κ2) is 11.0. The number of benzene rings is 1. The van der Waals surface area contributed by atoms with E-state index in [0.717, 1.165) is 38.3 Å². The summed E-state index contributed by atoms with van der Waals surface area (Å²) in [6.45, 7) is 10.5. The average Bonchev–Trinajstić information content (AvgIpc) is 2.68. The third kappa shape index (κ3) is 7.56. The number of likely N-dealkylation sites (N-methyl/N-ethyl adjacent to an activating group) is 1. The van der Waals surface area contributed by atoms with Crippen LogP contribution in [0.3, 0.4) is 0 Å². The highest BCUT2D eigenvalue weighted by atomic mass is 16.5. The lowest BCUT2D eigenvalue weighted by atomic mass is 10.1. The van der Waals surface area contributed by atoms with Crippen LogP contribution in [0.5, 0.6) is 11.5 Å². The highest BCUT2D eigenvalue weighted by Crippen LogP contribution is 2.28. The molecule has 2 N–H and O–H groups in total. The normalized spacial score (nSPS) is 17.5. The number of hydrogen-bond donors (Lipinski definition) is 2. The highest BCUT2D eigenvalue weighted by Gasteiger charge is 2.18. The number of piperazine rings is 1. The van der Waals surface area contributed by atoms with Gasteiger partial charge in [-0.3, -0.25) is 4.90 Å². The first-order valence-corrected chi connectivity index (χ1v) is 9.97. The van der Waals surface area contributed by atoms with Gasteiger partial charge in [0.15, 0.2) is 11.5 Å². The Morgan fingerprint density at radius 2 is 1.86 bits per heavy atom. The van der Waals surface area contributed by atoms with Crippen molar-refractivity contribution in [1.82, 2.24) is 15.1 Å². The molecule has 0 bridgehead atoms. The van der Waals surface area contributed by atoms with E-state index in [9.17, 15) is 5.11 Å². The van der Waals surface area contributed by atoms with Gasteiger partial charge in [-0.1, -0.05) is 6.07 Å². The number of aliphatic hydroxyl groups is 1. The van der Waals surface area contributed by atoms with E-state index >= 15 is 0 Å².